The highest BCUT2D eigenvalue weighted by atomic mass is 127. The van der Waals surface area contributed by atoms with Gasteiger partial charge >= 0.3 is 0 Å². The van der Waals surface area contributed by atoms with E-state index in [1.165, 1.54) is 11.8 Å². The molecule has 0 bridgehead atoms. The van der Waals surface area contributed by atoms with Crippen LogP contribution < -0.4 is 9.47 Å². The lowest BCUT2D eigenvalue weighted by Crippen LogP contribution is -2.32. The van der Waals surface area contributed by atoms with Crippen molar-refractivity contribution in [3.8, 4) is 11.5 Å². The van der Waals surface area contributed by atoms with E-state index in [-0.39, 0.29) is 18.4 Å². The molecule has 162 valence electrons. The Morgan fingerprint density at radius 3 is 2.67 bits per heavy atom. The summed E-state index contributed by atoms with van der Waals surface area (Å²) in [5.41, 5.74) is 0.832. The van der Waals surface area contributed by atoms with Gasteiger partial charge in [-0.3, -0.25) is 14.5 Å². The average molecular weight is 560 g/mol. The number of halogens is 1. The second kappa shape index (κ2) is 10.8. The minimum Gasteiger partial charge on any atom is -0.490 e. The van der Waals surface area contributed by atoms with E-state index < -0.39 is 0 Å². The molecular formula is C21H25IN2O4S2. The summed E-state index contributed by atoms with van der Waals surface area (Å²) >= 11 is 8.83. The number of benzene rings is 1. The van der Waals surface area contributed by atoms with E-state index in [1.807, 2.05) is 37.0 Å². The van der Waals surface area contributed by atoms with Crippen LogP contribution in [0.1, 0.15) is 38.7 Å². The largest absolute Gasteiger partial charge is 0.490 e. The van der Waals surface area contributed by atoms with Crippen molar-refractivity contribution in [2.24, 2.45) is 0 Å². The zero-order valence-electron chi connectivity index (χ0n) is 17.1. The average Bonchev–Trinajstić information content (AvgIpc) is 3.33. The van der Waals surface area contributed by atoms with Gasteiger partial charge in [0.1, 0.15) is 4.32 Å². The first kappa shape index (κ1) is 23.3. The molecule has 0 N–H and O–H groups in total. The van der Waals surface area contributed by atoms with E-state index in [9.17, 15) is 9.59 Å². The second-order valence-corrected chi connectivity index (χ2v) is 9.81. The van der Waals surface area contributed by atoms with E-state index >= 15 is 0 Å². The van der Waals surface area contributed by atoms with Crippen molar-refractivity contribution in [1.82, 2.24) is 9.80 Å². The molecule has 0 aromatic heterocycles. The molecule has 3 rings (SSSR count). The van der Waals surface area contributed by atoms with Crippen molar-refractivity contribution >= 4 is 68.8 Å². The molecule has 2 fully saturated rings. The van der Waals surface area contributed by atoms with Crippen LogP contribution in [0.25, 0.3) is 6.08 Å². The quantitative estimate of drug-likeness (QED) is 0.269. The number of likely N-dealkylation sites (tertiary alicyclic amines) is 1. The van der Waals surface area contributed by atoms with Crippen LogP contribution in [0.5, 0.6) is 11.5 Å². The predicted molar refractivity (Wildman–Crippen MR) is 132 cm³/mol. The monoisotopic (exact) mass is 560 g/mol. The van der Waals surface area contributed by atoms with Gasteiger partial charge in [0.05, 0.1) is 15.1 Å². The summed E-state index contributed by atoms with van der Waals surface area (Å²) in [6.07, 6.45) is 4.78. The van der Waals surface area contributed by atoms with Gasteiger partial charge in [0.25, 0.3) is 11.8 Å². The molecule has 2 aliphatic rings. The van der Waals surface area contributed by atoms with E-state index in [4.69, 9.17) is 21.7 Å². The fraction of sp³-hybridized carbons (Fsp3) is 0.476. The van der Waals surface area contributed by atoms with E-state index in [0.29, 0.717) is 33.9 Å². The zero-order chi connectivity index (χ0) is 21.7. The third-order valence-electron chi connectivity index (χ3n) is 4.75. The molecule has 2 saturated heterocycles. The fourth-order valence-electron chi connectivity index (χ4n) is 3.33. The van der Waals surface area contributed by atoms with Gasteiger partial charge in [0.15, 0.2) is 18.1 Å². The van der Waals surface area contributed by atoms with Crippen LogP contribution in [-0.2, 0) is 9.59 Å². The fourth-order valence-corrected chi connectivity index (χ4v) is 5.42. The summed E-state index contributed by atoms with van der Waals surface area (Å²) < 4.78 is 13.1. The SMILES string of the molecule is CCCN1C(=O)/C(=C/c2cc(I)c(OCC(=O)N3CCCC3)c(OCC)c2)SC1=S. The summed E-state index contributed by atoms with van der Waals surface area (Å²) in [6.45, 7) is 6.60. The minimum absolute atomic E-state index is 0.00516. The molecule has 2 aliphatic heterocycles. The van der Waals surface area contributed by atoms with Crippen molar-refractivity contribution in [1.29, 1.82) is 0 Å². The maximum atomic E-state index is 12.6. The number of carbonyl (C=O) groups is 2. The summed E-state index contributed by atoms with van der Waals surface area (Å²) in [5.74, 6) is 1.06. The molecule has 6 nitrogen and oxygen atoms in total. The number of hydrogen-bond donors (Lipinski definition) is 0. The first-order chi connectivity index (χ1) is 14.4. The van der Waals surface area contributed by atoms with Gasteiger partial charge in [0, 0.05) is 19.6 Å². The lowest BCUT2D eigenvalue weighted by molar-refractivity contribution is -0.132. The molecule has 9 heteroatoms. The third kappa shape index (κ3) is 5.47. The maximum Gasteiger partial charge on any atom is 0.266 e. The number of carbonyl (C=O) groups excluding carboxylic acids is 2. The molecule has 30 heavy (non-hydrogen) atoms. The number of nitrogens with zero attached hydrogens (tertiary/aromatic N) is 2. The molecule has 0 spiro atoms. The highest BCUT2D eigenvalue weighted by Crippen LogP contribution is 2.37. The first-order valence-corrected chi connectivity index (χ1v) is 12.4. The van der Waals surface area contributed by atoms with Crippen molar-refractivity contribution in [2.75, 3.05) is 32.8 Å². The minimum atomic E-state index is -0.0589. The second-order valence-electron chi connectivity index (χ2n) is 6.97. The lowest BCUT2D eigenvalue weighted by atomic mass is 10.2. The predicted octanol–water partition coefficient (Wildman–Crippen LogP) is 4.30. The molecule has 2 amide bonds. The van der Waals surface area contributed by atoms with E-state index in [2.05, 4.69) is 22.6 Å². The molecule has 1 aromatic carbocycles. The first-order valence-electron chi connectivity index (χ1n) is 10.1. The molecule has 2 heterocycles. The normalized spacial score (nSPS) is 17.9. The zero-order valence-corrected chi connectivity index (χ0v) is 20.9. The molecule has 0 radical (unpaired) electrons. The van der Waals surface area contributed by atoms with Crippen LogP contribution in [0.3, 0.4) is 0 Å². The van der Waals surface area contributed by atoms with Gasteiger partial charge in [-0.25, -0.2) is 0 Å². The van der Waals surface area contributed by atoms with E-state index in [1.54, 1.807) is 4.90 Å². The summed E-state index contributed by atoms with van der Waals surface area (Å²) in [7, 11) is 0. The molecule has 0 saturated carbocycles. The Balaban J connectivity index is 1.80. The van der Waals surface area contributed by atoms with Crippen LogP contribution in [0.15, 0.2) is 17.0 Å². The highest BCUT2D eigenvalue weighted by Gasteiger charge is 2.31. The number of thiocarbonyl (C=S) groups is 1. The van der Waals surface area contributed by atoms with Gasteiger partial charge in [-0.15, -0.1) is 0 Å². The van der Waals surface area contributed by atoms with Gasteiger partial charge in [0.2, 0.25) is 0 Å². The van der Waals surface area contributed by atoms with E-state index in [0.717, 1.165) is 41.5 Å². The van der Waals surface area contributed by atoms with Gasteiger partial charge in [-0.1, -0.05) is 30.9 Å². The Labute approximate surface area is 200 Å². The van der Waals surface area contributed by atoms with Crippen LogP contribution in [0.2, 0.25) is 0 Å². The van der Waals surface area contributed by atoms with Crippen molar-refractivity contribution in [3.63, 3.8) is 0 Å². The Morgan fingerprint density at radius 2 is 2.00 bits per heavy atom. The molecular weight excluding hydrogens is 535 g/mol. The van der Waals surface area contributed by atoms with Crippen LogP contribution in [0.4, 0.5) is 0 Å². The third-order valence-corrected chi connectivity index (χ3v) is 6.93. The number of amides is 2. The number of thioether (sulfide) groups is 1. The van der Waals surface area contributed by atoms with Crippen molar-refractivity contribution in [2.45, 2.75) is 33.1 Å². The van der Waals surface area contributed by atoms with Crippen LogP contribution in [-0.4, -0.2) is 58.8 Å². The Hall–Kier alpha value is -1.33. The Kier molecular flexibility index (Phi) is 8.41. The maximum absolute atomic E-state index is 12.6. The van der Waals surface area contributed by atoms with Crippen LogP contribution in [0, 0.1) is 3.57 Å². The van der Waals surface area contributed by atoms with Gasteiger partial charge in [-0.05, 0) is 72.5 Å². The van der Waals surface area contributed by atoms with Gasteiger partial charge < -0.3 is 14.4 Å². The highest BCUT2D eigenvalue weighted by molar-refractivity contribution is 14.1. The summed E-state index contributed by atoms with van der Waals surface area (Å²) in [6, 6.07) is 3.76. The number of hydrogen-bond acceptors (Lipinski definition) is 6. The molecule has 1 aromatic rings. The number of rotatable bonds is 8. The molecule has 0 unspecified atom stereocenters. The van der Waals surface area contributed by atoms with Crippen LogP contribution >= 0.6 is 46.6 Å². The summed E-state index contributed by atoms with van der Waals surface area (Å²) in [4.78, 5) is 29.0. The van der Waals surface area contributed by atoms with Crippen molar-refractivity contribution in [3.05, 3.63) is 26.2 Å². The van der Waals surface area contributed by atoms with Crippen molar-refractivity contribution < 1.29 is 19.1 Å². The number of ether oxygens (including phenoxy) is 2. The Morgan fingerprint density at radius 1 is 1.27 bits per heavy atom. The lowest BCUT2D eigenvalue weighted by Gasteiger charge is -2.18. The smallest absolute Gasteiger partial charge is 0.266 e. The molecule has 0 aliphatic carbocycles. The molecule has 0 atom stereocenters. The van der Waals surface area contributed by atoms with Gasteiger partial charge in [-0.2, -0.15) is 0 Å². The summed E-state index contributed by atoms with van der Waals surface area (Å²) in [5, 5.41) is 0. The standard InChI is InChI=1S/C21H25IN2O4S2/c1-3-7-24-20(26)17(30-21(24)29)12-14-10-15(22)19(16(11-14)27-4-2)28-13-18(25)23-8-5-6-9-23/h10-12H,3-9,13H2,1-2H3/b17-12-. The topological polar surface area (TPSA) is 59.1 Å². The Bertz CT molecular complexity index is 869.